The second-order valence-electron chi connectivity index (χ2n) is 5.63. The molecule has 0 aliphatic rings. The first-order valence-corrected chi connectivity index (χ1v) is 7.26. The van der Waals surface area contributed by atoms with Crippen molar-refractivity contribution in [2.75, 3.05) is 13.2 Å². The zero-order valence-electron chi connectivity index (χ0n) is 13.3. The Morgan fingerprint density at radius 2 is 1.76 bits per heavy atom. The molecule has 4 N–H and O–H groups in total. The Morgan fingerprint density at radius 3 is 2.29 bits per heavy atom. The highest BCUT2D eigenvalue weighted by molar-refractivity contribution is 5.79. The number of ether oxygens (including phenoxy) is 2. The zero-order valence-corrected chi connectivity index (χ0v) is 13.3. The van der Waals surface area contributed by atoms with Crippen molar-refractivity contribution < 1.29 is 14.3 Å². The van der Waals surface area contributed by atoms with Gasteiger partial charge < -0.3 is 20.9 Å². The van der Waals surface area contributed by atoms with Crippen LogP contribution in [-0.2, 0) is 4.79 Å². The monoisotopic (exact) mass is 294 g/mol. The van der Waals surface area contributed by atoms with Crippen molar-refractivity contribution in [1.29, 1.82) is 0 Å². The average molecular weight is 294 g/mol. The van der Waals surface area contributed by atoms with Crippen molar-refractivity contribution in [1.82, 2.24) is 0 Å². The fourth-order valence-corrected chi connectivity index (χ4v) is 2.07. The van der Waals surface area contributed by atoms with Crippen LogP contribution in [0, 0.1) is 5.41 Å². The highest BCUT2D eigenvalue weighted by atomic mass is 16.5. The van der Waals surface area contributed by atoms with E-state index in [4.69, 9.17) is 20.9 Å². The first-order valence-electron chi connectivity index (χ1n) is 7.26. The van der Waals surface area contributed by atoms with Gasteiger partial charge in [0.1, 0.15) is 0 Å². The third kappa shape index (κ3) is 4.63. The summed E-state index contributed by atoms with van der Waals surface area (Å²) in [7, 11) is 0. The average Bonchev–Trinajstić information content (AvgIpc) is 2.40. The van der Waals surface area contributed by atoms with E-state index in [1.165, 1.54) is 0 Å². The summed E-state index contributed by atoms with van der Waals surface area (Å²) < 4.78 is 11.1. The summed E-state index contributed by atoms with van der Waals surface area (Å²) in [6.45, 7) is 8.55. The lowest BCUT2D eigenvalue weighted by atomic mass is 9.83. The standard InChI is InChI=1S/C16H26N2O3/c1-5-20-13-8-7-11(9-14(13)21-6-2)12(17)10-16(3,4)15(18)19/h7-9,12H,5-6,10,17H2,1-4H3,(H2,18,19). The fraction of sp³-hybridized carbons (Fsp3) is 0.562. The Hall–Kier alpha value is -1.75. The molecule has 1 aromatic carbocycles. The van der Waals surface area contributed by atoms with Gasteiger partial charge >= 0.3 is 0 Å². The molecule has 0 saturated heterocycles. The number of nitrogens with two attached hydrogens (primary N) is 2. The fourth-order valence-electron chi connectivity index (χ4n) is 2.07. The lowest BCUT2D eigenvalue weighted by molar-refractivity contribution is -0.126. The third-order valence-corrected chi connectivity index (χ3v) is 3.39. The van der Waals surface area contributed by atoms with E-state index in [-0.39, 0.29) is 11.9 Å². The molecular weight excluding hydrogens is 268 g/mol. The van der Waals surface area contributed by atoms with Crippen LogP contribution < -0.4 is 20.9 Å². The van der Waals surface area contributed by atoms with Crippen LogP contribution in [0.4, 0.5) is 0 Å². The van der Waals surface area contributed by atoms with E-state index >= 15 is 0 Å². The molecule has 1 amide bonds. The number of carbonyl (C=O) groups is 1. The number of benzene rings is 1. The van der Waals surface area contributed by atoms with Crippen LogP contribution in [-0.4, -0.2) is 19.1 Å². The minimum Gasteiger partial charge on any atom is -0.490 e. The summed E-state index contributed by atoms with van der Waals surface area (Å²) in [4.78, 5) is 11.4. The lowest BCUT2D eigenvalue weighted by Crippen LogP contribution is -2.34. The van der Waals surface area contributed by atoms with Crippen molar-refractivity contribution in [3.8, 4) is 11.5 Å². The molecule has 0 saturated carbocycles. The molecule has 1 atom stereocenters. The zero-order chi connectivity index (χ0) is 16.0. The number of carbonyl (C=O) groups excluding carboxylic acids is 1. The maximum absolute atomic E-state index is 11.4. The summed E-state index contributed by atoms with van der Waals surface area (Å²) in [5, 5.41) is 0. The Labute approximate surface area is 126 Å². The molecule has 0 fully saturated rings. The second kappa shape index (κ2) is 7.31. The minimum absolute atomic E-state index is 0.289. The molecule has 0 aliphatic carbocycles. The number of hydrogen-bond donors (Lipinski definition) is 2. The Bertz CT molecular complexity index is 486. The first-order chi connectivity index (χ1) is 9.81. The van der Waals surface area contributed by atoms with E-state index in [0.29, 0.717) is 31.1 Å². The Morgan fingerprint density at radius 1 is 1.19 bits per heavy atom. The van der Waals surface area contributed by atoms with Crippen molar-refractivity contribution >= 4 is 5.91 Å². The van der Waals surface area contributed by atoms with Gasteiger partial charge in [0.15, 0.2) is 11.5 Å². The van der Waals surface area contributed by atoms with Crippen molar-refractivity contribution in [3.63, 3.8) is 0 Å². The van der Waals surface area contributed by atoms with Gasteiger partial charge in [-0.25, -0.2) is 0 Å². The molecule has 1 rings (SSSR count). The second-order valence-corrected chi connectivity index (χ2v) is 5.63. The molecule has 0 aromatic heterocycles. The van der Waals surface area contributed by atoms with E-state index in [2.05, 4.69) is 0 Å². The molecule has 21 heavy (non-hydrogen) atoms. The van der Waals surface area contributed by atoms with E-state index in [0.717, 1.165) is 5.56 Å². The van der Waals surface area contributed by atoms with Crippen LogP contribution in [0.1, 0.15) is 45.7 Å². The molecule has 0 radical (unpaired) electrons. The van der Waals surface area contributed by atoms with Gasteiger partial charge in [-0.1, -0.05) is 19.9 Å². The molecule has 0 spiro atoms. The lowest BCUT2D eigenvalue weighted by Gasteiger charge is -2.25. The van der Waals surface area contributed by atoms with Crippen molar-refractivity contribution in [3.05, 3.63) is 23.8 Å². The molecule has 0 aliphatic heterocycles. The molecule has 0 heterocycles. The predicted octanol–water partition coefficient (Wildman–Crippen LogP) is 2.39. The quantitative estimate of drug-likeness (QED) is 0.770. The summed E-state index contributed by atoms with van der Waals surface area (Å²) in [5.41, 5.74) is 11.9. The number of hydrogen-bond acceptors (Lipinski definition) is 4. The summed E-state index contributed by atoms with van der Waals surface area (Å²) >= 11 is 0. The molecule has 1 unspecified atom stereocenters. The van der Waals surface area contributed by atoms with Crippen LogP contribution in [0.2, 0.25) is 0 Å². The van der Waals surface area contributed by atoms with Crippen LogP contribution in [0.3, 0.4) is 0 Å². The van der Waals surface area contributed by atoms with Crippen LogP contribution >= 0.6 is 0 Å². The summed E-state index contributed by atoms with van der Waals surface area (Å²) in [6, 6.07) is 5.33. The maximum atomic E-state index is 11.4. The molecule has 118 valence electrons. The van der Waals surface area contributed by atoms with Gasteiger partial charge in [0.05, 0.1) is 13.2 Å². The van der Waals surface area contributed by atoms with Crippen LogP contribution in [0.25, 0.3) is 0 Å². The first kappa shape index (κ1) is 17.3. The predicted molar refractivity (Wildman–Crippen MR) is 83.3 cm³/mol. The molecule has 1 aromatic rings. The van der Waals surface area contributed by atoms with Gasteiger partial charge in [-0.05, 0) is 38.0 Å². The van der Waals surface area contributed by atoms with Crippen molar-refractivity contribution in [2.24, 2.45) is 16.9 Å². The van der Waals surface area contributed by atoms with Gasteiger partial charge in [-0.2, -0.15) is 0 Å². The molecule has 5 nitrogen and oxygen atoms in total. The van der Waals surface area contributed by atoms with Crippen molar-refractivity contribution in [2.45, 2.75) is 40.2 Å². The number of primary amides is 1. The minimum atomic E-state index is -0.649. The topological polar surface area (TPSA) is 87.6 Å². The van der Waals surface area contributed by atoms with Gasteiger partial charge in [-0.15, -0.1) is 0 Å². The maximum Gasteiger partial charge on any atom is 0.223 e. The third-order valence-electron chi connectivity index (χ3n) is 3.39. The number of rotatable bonds is 8. The van der Waals surface area contributed by atoms with E-state index in [1.807, 2.05) is 32.0 Å². The highest BCUT2D eigenvalue weighted by Gasteiger charge is 2.28. The summed E-state index contributed by atoms with van der Waals surface area (Å²) in [5.74, 6) is 1.02. The van der Waals surface area contributed by atoms with Gasteiger partial charge in [0, 0.05) is 11.5 Å². The highest BCUT2D eigenvalue weighted by Crippen LogP contribution is 2.34. The van der Waals surface area contributed by atoms with Gasteiger partial charge in [-0.3, -0.25) is 4.79 Å². The number of amides is 1. The van der Waals surface area contributed by atoms with E-state index in [9.17, 15) is 4.79 Å². The van der Waals surface area contributed by atoms with Gasteiger partial charge in [0.25, 0.3) is 0 Å². The SMILES string of the molecule is CCOc1ccc(C(N)CC(C)(C)C(N)=O)cc1OCC. The van der Waals surface area contributed by atoms with E-state index in [1.54, 1.807) is 13.8 Å². The summed E-state index contributed by atoms with van der Waals surface area (Å²) in [6.07, 6.45) is 0.474. The molecule has 5 heteroatoms. The van der Waals surface area contributed by atoms with Crippen LogP contribution in [0.5, 0.6) is 11.5 Å². The smallest absolute Gasteiger partial charge is 0.223 e. The van der Waals surface area contributed by atoms with Gasteiger partial charge in [0.2, 0.25) is 5.91 Å². The largest absolute Gasteiger partial charge is 0.490 e. The molecule has 0 bridgehead atoms. The Balaban J connectivity index is 2.97. The molecular formula is C16H26N2O3. The van der Waals surface area contributed by atoms with Crippen LogP contribution in [0.15, 0.2) is 18.2 Å². The van der Waals surface area contributed by atoms with E-state index < -0.39 is 5.41 Å². The Kier molecular flexibility index (Phi) is 6.03. The normalized spacial score (nSPS) is 12.8.